The van der Waals surface area contributed by atoms with Crippen LogP contribution in [-0.2, 0) is 14.3 Å². The first-order chi connectivity index (χ1) is 21.7. The van der Waals surface area contributed by atoms with Gasteiger partial charge < -0.3 is 30.5 Å². The Morgan fingerprint density at radius 2 is 1.93 bits per heavy atom. The Labute approximate surface area is 264 Å². The molecule has 0 aliphatic carbocycles. The zero-order chi connectivity index (χ0) is 32.8. The number of unbranched alkanes of at least 4 members (excludes halogenated alkanes) is 1. The number of hydrogen-bond donors (Lipinski definition) is 3. The Bertz CT molecular complexity index is 1550. The summed E-state index contributed by atoms with van der Waals surface area (Å²) >= 11 is 0. The topological polar surface area (TPSA) is 147 Å². The summed E-state index contributed by atoms with van der Waals surface area (Å²) in [7, 11) is 5.45. The molecule has 0 saturated carbocycles. The highest BCUT2D eigenvalue weighted by Crippen LogP contribution is 2.26. The molecular formula is C32H43N9O4. The van der Waals surface area contributed by atoms with Crippen molar-refractivity contribution >= 4 is 46.3 Å². The van der Waals surface area contributed by atoms with Gasteiger partial charge in [-0.2, -0.15) is 14.8 Å². The lowest BCUT2D eigenvalue weighted by molar-refractivity contribution is -0.135. The lowest BCUT2D eigenvalue weighted by Gasteiger charge is -2.23. The minimum atomic E-state index is -0.596. The molecule has 1 aromatic carbocycles. The molecule has 240 valence electrons. The third-order valence-corrected chi connectivity index (χ3v) is 6.65. The fourth-order valence-corrected chi connectivity index (χ4v) is 4.08. The van der Waals surface area contributed by atoms with Crippen LogP contribution in [0.4, 0.5) is 22.2 Å². The number of carbonyl (C=O) groups is 3. The van der Waals surface area contributed by atoms with E-state index in [4.69, 9.17) is 4.74 Å². The minimum Gasteiger partial charge on any atom is -0.448 e. The zero-order valence-corrected chi connectivity index (χ0v) is 26.9. The summed E-state index contributed by atoms with van der Waals surface area (Å²) in [6.07, 6.45) is 8.01. The lowest BCUT2D eigenvalue weighted by atomic mass is 10.2. The number of benzene rings is 1. The average Bonchev–Trinajstić information content (AvgIpc) is 3.47. The predicted molar refractivity (Wildman–Crippen MR) is 175 cm³/mol. The zero-order valence-electron chi connectivity index (χ0n) is 26.9. The van der Waals surface area contributed by atoms with Crippen molar-refractivity contribution in [3.8, 4) is 11.8 Å². The molecular weight excluding hydrogens is 574 g/mol. The maximum Gasteiger partial charge on any atom is 0.435 e. The molecule has 3 N–H and O–H groups in total. The normalized spacial score (nSPS) is 11.6. The number of amides is 2. The van der Waals surface area contributed by atoms with Crippen molar-refractivity contribution in [2.24, 2.45) is 0 Å². The summed E-state index contributed by atoms with van der Waals surface area (Å²) in [6.45, 7) is 7.51. The standard InChI is InChI=1S/C32H43N9O4/c1-7-18-33-29-25(14-10-9-11-19-34-30(43)23(3)40(6)27(42)17-13-20-39(4)5)21-35-31(38-29)37-26-16-12-15-24-22-36-41(28(24)26)32(44)45-8-2/h12-13,15-17,21-23H,7-9,11,18-20H2,1-6H3,(H,34,43)(H2,33,35,37,38)/b17-13+/t23-/m0/s1. The van der Waals surface area contributed by atoms with Crippen molar-refractivity contribution in [1.29, 1.82) is 0 Å². The molecule has 13 heteroatoms. The molecule has 0 bridgehead atoms. The quantitative estimate of drug-likeness (QED) is 0.139. The van der Waals surface area contributed by atoms with Gasteiger partial charge in [0.05, 0.1) is 30.3 Å². The summed E-state index contributed by atoms with van der Waals surface area (Å²) in [5, 5.41) is 14.3. The van der Waals surface area contributed by atoms with Crippen LogP contribution in [0.3, 0.4) is 0 Å². The molecule has 45 heavy (non-hydrogen) atoms. The van der Waals surface area contributed by atoms with Crippen molar-refractivity contribution in [1.82, 2.24) is 34.9 Å². The van der Waals surface area contributed by atoms with Gasteiger partial charge in [-0.05, 0) is 46.9 Å². The molecule has 2 amide bonds. The van der Waals surface area contributed by atoms with Crippen LogP contribution in [0.5, 0.6) is 0 Å². The van der Waals surface area contributed by atoms with Crippen LogP contribution < -0.4 is 16.0 Å². The maximum atomic E-state index is 12.5. The Balaban J connectivity index is 1.61. The van der Waals surface area contributed by atoms with Crippen LogP contribution in [0.25, 0.3) is 10.9 Å². The van der Waals surface area contributed by atoms with E-state index >= 15 is 0 Å². The van der Waals surface area contributed by atoms with E-state index in [-0.39, 0.29) is 18.4 Å². The number of nitrogens with zero attached hydrogens (tertiary/aromatic N) is 6. The van der Waals surface area contributed by atoms with E-state index in [2.05, 4.69) is 49.8 Å². The Morgan fingerprint density at radius 1 is 1.13 bits per heavy atom. The highest BCUT2D eigenvalue weighted by Gasteiger charge is 2.20. The van der Waals surface area contributed by atoms with Crippen molar-refractivity contribution in [3.05, 3.63) is 48.3 Å². The first kappa shape index (κ1) is 34.5. The lowest BCUT2D eigenvalue weighted by Crippen LogP contribution is -2.45. The number of rotatable bonds is 14. The van der Waals surface area contributed by atoms with Gasteiger partial charge in [0, 0.05) is 44.6 Å². The number of hydrogen-bond acceptors (Lipinski definition) is 10. The van der Waals surface area contributed by atoms with Crippen LogP contribution in [0.1, 0.15) is 45.6 Å². The monoisotopic (exact) mass is 617 g/mol. The van der Waals surface area contributed by atoms with Gasteiger partial charge in [-0.3, -0.25) is 9.59 Å². The molecule has 0 unspecified atom stereocenters. The highest BCUT2D eigenvalue weighted by atomic mass is 16.5. The van der Waals surface area contributed by atoms with E-state index < -0.39 is 12.1 Å². The molecule has 0 aliphatic heterocycles. The fraction of sp³-hybridized carbons (Fsp3) is 0.438. The molecule has 3 aromatic rings. The van der Waals surface area contributed by atoms with E-state index in [1.807, 2.05) is 37.2 Å². The van der Waals surface area contributed by atoms with Gasteiger partial charge in [0.2, 0.25) is 17.8 Å². The number of nitrogens with one attached hydrogen (secondary N) is 3. The molecule has 1 atom stereocenters. The molecule has 3 rings (SSSR count). The number of para-hydroxylation sites is 1. The second-order valence-electron chi connectivity index (χ2n) is 10.5. The van der Waals surface area contributed by atoms with Crippen molar-refractivity contribution in [2.75, 3.05) is 58.0 Å². The molecule has 0 saturated heterocycles. The first-order valence-electron chi connectivity index (χ1n) is 15.0. The van der Waals surface area contributed by atoms with Gasteiger partial charge in [0.1, 0.15) is 17.4 Å². The second kappa shape index (κ2) is 17.4. The minimum absolute atomic E-state index is 0.219. The molecule has 0 spiro atoms. The molecule has 2 aromatic heterocycles. The van der Waals surface area contributed by atoms with E-state index in [1.165, 1.54) is 15.7 Å². The summed E-state index contributed by atoms with van der Waals surface area (Å²) in [6, 6.07) is 4.93. The summed E-state index contributed by atoms with van der Waals surface area (Å²) in [5.74, 6) is 6.74. The van der Waals surface area contributed by atoms with Gasteiger partial charge in [-0.25, -0.2) is 9.78 Å². The van der Waals surface area contributed by atoms with Crippen molar-refractivity contribution < 1.29 is 19.1 Å². The smallest absolute Gasteiger partial charge is 0.435 e. The maximum absolute atomic E-state index is 12.5. The summed E-state index contributed by atoms with van der Waals surface area (Å²) in [4.78, 5) is 49.7. The molecule has 0 radical (unpaired) electrons. The second-order valence-corrected chi connectivity index (χ2v) is 10.5. The third-order valence-electron chi connectivity index (χ3n) is 6.65. The van der Waals surface area contributed by atoms with Crippen LogP contribution in [0.15, 0.2) is 42.7 Å². The first-order valence-corrected chi connectivity index (χ1v) is 15.0. The van der Waals surface area contributed by atoms with Gasteiger partial charge in [-0.1, -0.05) is 37.0 Å². The Morgan fingerprint density at radius 3 is 2.67 bits per heavy atom. The Hall–Kier alpha value is -4.96. The van der Waals surface area contributed by atoms with Crippen LogP contribution >= 0.6 is 0 Å². The predicted octanol–water partition coefficient (Wildman–Crippen LogP) is 3.61. The van der Waals surface area contributed by atoms with Crippen LogP contribution in [0.2, 0.25) is 0 Å². The molecule has 13 nitrogen and oxygen atoms in total. The third kappa shape index (κ3) is 10.0. The van der Waals surface area contributed by atoms with E-state index in [0.29, 0.717) is 61.0 Å². The number of anilines is 3. The van der Waals surface area contributed by atoms with Crippen LogP contribution in [0, 0.1) is 11.8 Å². The van der Waals surface area contributed by atoms with Crippen LogP contribution in [-0.4, -0.2) is 101 Å². The highest BCUT2D eigenvalue weighted by molar-refractivity contribution is 5.97. The van der Waals surface area contributed by atoms with Gasteiger partial charge in [0.15, 0.2) is 0 Å². The Kier molecular flexibility index (Phi) is 13.3. The fourth-order valence-electron chi connectivity index (χ4n) is 4.08. The van der Waals surface area contributed by atoms with Gasteiger partial charge in [0.25, 0.3) is 0 Å². The number of fused-ring (bicyclic) bond motifs is 1. The summed E-state index contributed by atoms with van der Waals surface area (Å²) < 4.78 is 6.35. The van der Waals surface area contributed by atoms with E-state index in [0.717, 1.165) is 11.8 Å². The van der Waals surface area contributed by atoms with Gasteiger partial charge in [-0.15, -0.1) is 0 Å². The molecule has 2 heterocycles. The van der Waals surface area contributed by atoms with Gasteiger partial charge >= 0.3 is 6.09 Å². The van der Waals surface area contributed by atoms with Crippen molar-refractivity contribution in [3.63, 3.8) is 0 Å². The van der Waals surface area contributed by atoms with E-state index in [9.17, 15) is 14.4 Å². The number of aromatic nitrogens is 4. The number of carbonyl (C=O) groups excluding carboxylic acids is 3. The SMILES string of the molecule is CCCNc1nc(Nc2cccc3cnn(C(=O)OCC)c23)ncc1C#CCCCNC(=O)[C@H](C)N(C)C(=O)/C=C/CN(C)C. The largest absolute Gasteiger partial charge is 0.448 e. The van der Waals surface area contributed by atoms with Crippen molar-refractivity contribution in [2.45, 2.75) is 46.1 Å². The summed E-state index contributed by atoms with van der Waals surface area (Å²) in [5.41, 5.74) is 1.80. The molecule has 0 aliphatic rings. The molecule has 0 fully saturated rings. The van der Waals surface area contributed by atoms with E-state index in [1.54, 1.807) is 39.4 Å². The number of ether oxygens (including phenoxy) is 1. The number of likely N-dealkylation sites (N-methyl/N-ethyl adjacent to an activating group) is 2. The average molecular weight is 618 g/mol.